The van der Waals surface area contributed by atoms with E-state index in [1.54, 1.807) is 21.7 Å². The van der Waals surface area contributed by atoms with Gasteiger partial charge in [-0.1, -0.05) is 109 Å². The topological polar surface area (TPSA) is 284 Å². The number of piperazine rings is 3. The molecule has 34 heteroatoms. The molecular formula is C100H107Cl3F3N21O7. The highest BCUT2D eigenvalue weighted by molar-refractivity contribution is 6.38. The van der Waals surface area contributed by atoms with E-state index in [1.165, 1.54) is 29.2 Å². The number of fused-ring (bicyclic) bond motifs is 6. The number of alkyl halides is 2. The van der Waals surface area contributed by atoms with Gasteiger partial charge in [0, 0.05) is 196 Å². The first-order valence-corrected chi connectivity index (χ1v) is 47.3. The summed E-state index contributed by atoms with van der Waals surface area (Å²) in [6.45, 7) is 18.1. The average molecular weight is 1880 g/mol. The molecule has 12 heterocycles. The Balaban J connectivity index is 0.603. The number of benzene rings is 6. The summed E-state index contributed by atoms with van der Waals surface area (Å²) < 4.78 is 61.4. The van der Waals surface area contributed by atoms with Crippen LogP contribution in [-0.2, 0) is 58.1 Å². The third-order valence-electron chi connectivity index (χ3n) is 28.1. The van der Waals surface area contributed by atoms with Gasteiger partial charge in [0.1, 0.15) is 44.0 Å². The lowest BCUT2D eigenvalue weighted by Gasteiger charge is -2.55. The zero-order chi connectivity index (χ0) is 93.5. The second kappa shape index (κ2) is 39.3. The minimum absolute atomic E-state index is 0.00995. The van der Waals surface area contributed by atoms with E-state index in [4.69, 9.17) is 78.9 Å². The van der Waals surface area contributed by atoms with E-state index in [9.17, 15) is 48.1 Å². The molecule has 696 valence electrons. The normalized spacial score (nSPS) is 21.7. The molecule has 3 aromatic heterocycles. The fraction of sp³-hybridized carbons (Fsp3) is 0.450. The molecule has 28 nitrogen and oxygen atoms in total. The van der Waals surface area contributed by atoms with Crippen LogP contribution < -0.4 is 43.6 Å². The molecule has 0 spiro atoms. The molecule has 0 saturated carbocycles. The van der Waals surface area contributed by atoms with E-state index in [-0.39, 0.29) is 143 Å². The average Bonchev–Trinajstić information content (AvgIpc) is 1.08. The Morgan fingerprint density at radius 1 is 0.507 bits per heavy atom. The summed E-state index contributed by atoms with van der Waals surface area (Å²) >= 11 is 21.9. The van der Waals surface area contributed by atoms with Crippen molar-refractivity contribution in [3.63, 3.8) is 0 Å². The predicted molar refractivity (Wildman–Crippen MR) is 510 cm³/mol. The van der Waals surface area contributed by atoms with Gasteiger partial charge >= 0.3 is 18.0 Å². The highest BCUT2D eigenvalue weighted by Crippen LogP contribution is 2.51. The van der Waals surface area contributed by atoms with Gasteiger partial charge in [-0.05, 0) is 135 Å². The number of allylic oxidation sites excluding steroid dienone is 2. The largest absolute Gasteiger partial charge is 0.463 e. The van der Waals surface area contributed by atoms with Crippen molar-refractivity contribution in [2.45, 2.75) is 153 Å². The number of nitriles is 3. The van der Waals surface area contributed by atoms with Crippen LogP contribution in [0, 0.1) is 39.9 Å². The monoisotopic (exact) mass is 1880 g/mol. The van der Waals surface area contributed by atoms with Gasteiger partial charge in [-0.15, -0.1) is 0 Å². The van der Waals surface area contributed by atoms with Gasteiger partial charge in [-0.3, -0.25) is 29.0 Å². The number of hydrogen-bond donors (Lipinski definition) is 0. The number of amides is 4. The first-order valence-electron chi connectivity index (χ1n) is 46.2. The molecule has 6 saturated heterocycles. The van der Waals surface area contributed by atoms with Crippen molar-refractivity contribution in [3.8, 4) is 36.2 Å². The number of aromatic nitrogens is 6. The molecule has 4 amide bonds. The second-order valence-corrected chi connectivity index (χ2v) is 38.3. The van der Waals surface area contributed by atoms with Gasteiger partial charge in [-0.25, -0.2) is 13.2 Å². The minimum Gasteiger partial charge on any atom is -0.463 e. The zero-order valence-corrected chi connectivity index (χ0v) is 78.1. The molecule has 0 bridgehead atoms. The Morgan fingerprint density at radius 3 is 1.37 bits per heavy atom. The lowest BCUT2D eigenvalue weighted by atomic mass is 9.80. The molecule has 0 radical (unpaired) electrons. The first-order chi connectivity index (χ1) is 64.9. The lowest BCUT2D eigenvalue weighted by molar-refractivity contribution is -0.131. The van der Waals surface area contributed by atoms with Crippen LogP contribution in [0.3, 0.4) is 0 Å². The fourth-order valence-corrected chi connectivity index (χ4v) is 22.7. The van der Waals surface area contributed by atoms with Crippen molar-refractivity contribution < 1.29 is 46.6 Å². The highest BCUT2D eigenvalue weighted by atomic mass is 35.5. The Bertz CT molecular complexity index is 6280. The standard InChI is InChI=1S/C100H107Cl3F3N21O7/c1-7-123-67(59-133-98-111-79-55-117(82-21-9-15-63-14-8-18-76(101)90(63)82)39-31-73(79)95(114-98)122-44-47-126(96(131)61(2)106)66(54-122)30-38-109)49-85(123)69-24-26-83(91-71(69)16-10-19-77(91)102)118-40-33-75-81(57-118)112-99(115-94(75)121-43-46-125(65(53-121)29-37-108)88(129)23-13-35-105)134-60-68-50-86(127(68)100(3,4)5)70-25-27-84(92-72(70)17-11-20-78(92)103)119-41-32-74-80(56-119)110-97(132-58-62-48-89(130)116(6)51-62)113-93(74)120-42-45-124(64(52-120)28-36-107)87(128)22-12-34-104/h8-27,62,64-68,85-86H,2,7,28-35,39-60H2,1,3-6H3/b22-12+,23-13+/t62?,64-,65-,66-,67?,68?,85?,86?/m0/s1. The van der Waals surface area contributed by atoms with Crippen molar-refractivity contribution in [1.82, 2.24) is 59.3 Å². The molecule has 18 rings (SSSR count). The van der Waals surface area contributed by atoms with Crippen LogP contribution in [0.15, 0.2) is 134 Å². The molecule has 9 aliphatic heterocycles. The number of hydrogen-bond acceptors (Lipinski definition) is 24. The van der Waals surface area contributed by atoms with E-state index in [1.807, 2.05) is 42.5 Å². The van der Waals surface area contributed by atoms with E-state index >= 15 is 0 Å². The number of likely N-dealkylation sites (tertiary alicyclic amines) is 3. The quantitative estimate of drug-likeness (QED) is 0.0455. The van der Waals surface area contributed by atoms with Gasteiger partial charge in [0.05, 0.1) is 114 Å². The van der Waals surface area contributed by atoms with E-state index < -0.39 is 43.2 Å². The smallest absolute Gasteiger partial charge is 0.318 e. The zero-order valence-electron chi connectivity index (χ0n) is 75.8. The fourth-order valence-electron chi connectivity index (χ4n) is 21.8. The molecule has 6 aromatic carbocycles. The van der Waals surface area contributed by atoms with Crippen LogP contribution in [0.2, 0.25) is 15.1 Å². The molecule has 8 atom stereocenters. The summed E-state index contributed by atoms with van der Waals surface area (Å²) in [7, 11) is 1.78. The van der Waals surface area contributed by atoms with E-state index in [0.29, 0.717) is 143 Å². The number of rotatable bonds is 26. The third kappa shape index (κ3) is 18.3. The molecular weight excluding hydrogens is 1770 g/mol. The molecule has 9 aliphatic rings. The summed E-state index contributed by atoms with van der Waals surface area (Å²) in [6, 6.07) is 38.4. The number of likely N-dealkylation sites (N-methyl/N-ethyl adjacent to an activating group) is 1. The number of nitrogens with zero attached hydrogens (tertiary/aromatic N) is 21. The maximum atomic E-state index is 14.5. The van der Waals surface area contributed by atoms with Crippen LogP contribution >= 0.6 is 34.8 Å². The van der Waals surface area contributed by atoms with Gasteiger partial charge < -0.3 is 63.2 Å². The van der Waals surface area contributed by atoms with Crippen molar-refractivity contribution in [2.75, 3.05) is 161 Å². The predicted octanol–water partition coefficient (Wildman–Crippen LogP) is 14.6. The lowest BCUT2D eigenvalue weighted by Crippen LogP contribution is -2.60. The Kier molecular flexibility index (Phi) is 27.0. The first kappa shape index (κ1) is 92.2. The molecule has 0 N–H and O–H groups in total. The van der Waals surface area contributed by atoms with Crippen molar-refractivity contribution in [2.24, 2.45) is 5.92 Å². The Morgan fingerprint density at radius 2 is 0.925 bits per heavy atom. The van der Waals surface area contributed by atoms with Gasteiger partial charge in [0.2, 0.25) is 17.7 Å². The summed E-state index contributed by atoms with van der Waals surface area (Å²) in [5.74, 6) is -0.632. The molecule has 6 fully saturated rings. The van der Waals surface area contributed by atoms with Crippen LogP contribution in [0.5, 0.6) is 18.0 Å². The maximum absolute atomic E-state index is 14.5. The Labute approximate surface area is 792 Å². The number of halogens is 6. The van der Waals surface area contributed by atoms with Gasteiger partial charge in [-0.2, -0.15) is 45.7 Å². The van der Waals surface area contributed by atoms with Crippen molar-refractivity contribution in [3.05, 3.63) is 194 Å². The maximum Gasteiger partial charge on any atom is 0.318 e. The SMILES string of the molecule is C=C(F)C(=O)N1CCN(c2nc(OCC3CC(c4ccc(N5CCc6c(nc(OCC7CC(c8ccc(N9CCc%10c(nc(OCC%11CC(=O)N(C)C%11)nc%10N%10CCN(C(=O)/C=C/CF)[C@@H](CC#N)C%10)C9)c9c(Cl)cccc89)N7C(C)(C)C)nc6N6CCN(C(=O)/C=C/CF)[C@@H](CC#N)C6)C5)c5c(Cl)cccc45)N3CC)nc3c2CCN(c2cccc4cccc(Cl)c24)C3)C[C@@H]1CC#N. The molecule has 5 unspecified atom stereocenters. The van der Waals surface area contributed by atoms with Gasteiger partial charge in [0.25, 0.3) is 5.91 Å². The van der Waals surface area contributed by atoms with Crippen molar-refractivity contribution >= 4 is 125 Å². The van der Waals surface area contributed by atoms with Crippen LogP contribution in [0.25, 0.3) is 32.3 Å². The number of carbonyl (C=O) groups excluding carboxylic acids is 4. The summed E-state index contributed by atoms with van der Waals surface area (Å²) in [4.78, 5) is 108. The number of carbonyl (C=O) groups is 4. The summed E-state index contributed by atoms with van der Waals surface area (Å²) in [5, 5.41) is 37.8. The third-order valence-corrected chi connectivity index (χ3v) is 29.1. The van der Waals surface area contributed by atoms with Crippen LogP contribution in [0.1, 0.15) is 123 Å². The minimum atomic E-state index is -1.07. The van der Waals surface area contributed by atoms with Gasteiger partial charge in [0.15, 0.2) is 5.83 Å². The second-order valence-electron chi connectivity index (χ2n) is 37.0. The Hall–Kier alpha value is -12.3. The van der Waals surface area contributed by atoms with Crippen molar-refractivity contribution in [1.29, 1.82) is 15.8 Å². The van der Waals surface area contributed by atoms with E-state index in [0.717, 1.165) is 101 Å². The summed E-state index contributed by atoms with van der Waals surface area (Å²) in [6.07, 6.45) is 8.41. The summed E-state index contributed by atoms with van der Waals surface area (Å²) in [5.41, 5.74) is 9.79. The van der Waals surface area contributed by atoms with Crippen LogP contribution in [0.4, 0.5) is 47.7 Å². The molecule has 0 aliphatic carbocycles. The number of anilines is 6. The highest BCUT2D eigenvalue weighted by Gasteiger charge is 2.48. The number of ether oxygens (including phenoxy) is 3. The molecule has 134 heavy (non-hydrogen) atoms. The van der Waals surface area contributed by atoms with E-state index in [2.05, 4.69) is 146 Å². The molecule has 9 aromatic rings. The van der Waals surface area contributed by atoms with Crippen LogP contribution in [-0.4, -0.2) is 251 Å².